The molecule has 2 aliphatic rings. The molecule has 2 rings (SSSR count). The normalized spacial score (nSPS) is 34.8. The van der Waals surface area contributed by atoms with E-state index in [2.05, 4.69) is 33.9 Å². The van der Waals surface area contributed by atoms with Gasteiger partial charge >= 0.3 is 0 Å². The molecule has 0 bridgehead atoms. The lowest BCUT2D eigenvalue weighted by Gasteiger charge is -2.42. The van der Waals surface area contributed by atoms with E-state index in [1.807, 2.05) is 0 Å². The van der Waals surface area contributed by atoms with Crippen molar-refractivity contribution >= 4 is 8.32 Å². The van der Waals surface area contributed by atoms with Crippen molar-refractivity contribution in [1.82, 2.24) is 0 Å². The third kappa shape index (κ3) is 2.95. The standard InChI is InChI=1S/C15H30OSi/c1-15(2,3)17(4,5)16-14-10-9-12-7-6-8-13(12)11-14/h12-14H,6-11H2,1-5H3. The van der Waals surface area contributed by atoms with Crippen molar-refractivity contribution in [2.45, 2.75) is 83.5 Å². The highest BCUT2D eigenvalue weighted by molar-refractivity contribution is 6.74. The Bertz CT molecular complexity index is 267. The Hall–Kier alpha value is 0.177. The topological polar surface area (TPSA) is 9.23 Å². The van der Waals surface area contributed by atoms with Crippen molar-refractivity contribution < 1.29 is 4.43 Å². The van der Waals surface area contributed by atoms with E-state index in [0.717, 1.165) is 11.8 Å². The SMILES string of the molecule is CC(C)(C)[Si](C)(C)OC1CCC2CCCC2C1. The fraction of sp³-hybridized carbons (Fsp3) is 1.00. The summed E-state index contributed by atoms with van der Waals surface area (Å²) in [5.41, 5.74) is 0. The Morgan fingerprint density at radius 2 is 1.59 bits per heavy atom. The molecule has 2 heteroatoms. The van der Waals surface area contributed by atoms with Crippen molar-refractivity contribution in [3.05, 3.63) is 0 Å². The monoisotopic (exact) mass is 254 g/mol. The summed E-state index contributed by atoms with van der Waals surface area (Å²) in [6.45, 7) is 11.8. The molecule has 0 aromatic rings. The van der Waals surface area contributed by atoms with Crippen molar-refractivity contribution in [3.63, 3.8) is 0 Å². The van der Waals surface area contributed by atoms with Crippen LogP contribution in [-0.4, -0.2) is 14.4 Å². The summed E-state index contributed by atoms with van der Waals surface area (Å²) in [5, 5.41) is 0.361. The molecule has 1 nitrogen and oxygen atoms in total. The van der Waals surface area contributed by atoms with Gasteiger partial charge in [-0.1, -0.05) is 40.0 Å². The molecule has 100 valence electrons. The molecule has 0 aliphatic heterocycles. The van der Waals surface area contributed by atoms with Crippen molar-refractivity contribution in [2.24, 2.45) is 11.8 Å². The molecule has 0 aromatic heterocycles. The lowest BCUT2D eigenvalue weighted by atomic mass is 9.80. The predicted octanol–water partition coefficient (Wildman–Crippen LogP) is 4.98. The molecule has 17 heavy (non-hydrogen) atoms. The van der Waals surface area contributed by atoms with Crippen LogP contribution in [0.5, 0.6) is 0 Å². The maximum Gasteiger partial charge on any atom is 0.192 e. The molecular formula is C15H30OSi. The van der Waals surface area contributed by atoms with E-state index in [-0.39, 0.29) is 0 Å². The molecule has 2 aliphatic carbocycles. The Morgan fingerprint density at radius 1 is 0.941 bits per heavy atom. The van der Waals surface area contributed by atoms with Crippen molar-refractivity contribution in [1.29, 1.82) is 0 Å². The van der Waals surface area contributed by atoms with Gasteiger partial charge in [0.1, 0.15) is 0 Å². The summed E-state index contributed by atoms with van der Waals surface area (Å²) in [5.74, 6) is 2.05. The molecule has 3 atom stereocenters. The van der Waals surface area contributed by atoms with E-state index < -0.39 is 8.32 Å². The van der Waals surface area contributed by atoms with E-state index in [1.54, 1.807) is 0 Å². The van der Waals surface area contributed by atoms with Gasteiger partial charge < -0.3 is 4.43 Å². The van der Waals surface area contributed by atoms with Crippen LogP contribution < -0.4 is 0 Å². The van der Waals surface area contributed by atoms with E-state index in [0.29, 0.717) is 11.1 Å². The average Bonchev–Trinajstić information content (AvgIpc) is 2.62. The van der Waals surface area contributed by atoms with Gasteiger partial charge in [-0.05, 0) is 49.2 Å². The summed E-state index contributed by atoms with van der Waals surface area (Å²) in [4.78, 5) is 0. The predicted molar refractivity (Wildman–Crippen MR) is 76.8 cm³/mol. The van der Waals surface area contributed by atoms with Crippen LogP contribution in [0, 0.1) is 11.8 Å². The molecule has 2 fully saturated rings. The highest BCUT2D eigenvalue weighted by Crippen LogP contribution is 2.45. The van der Waals surface area contributed by atoms with Gasteiger partial charge in [0.25, 0.3) is 0 Å². The van der Waals surface area contributed by atoms with Crippen molar-refractivity contribution in [3.8, 4) is 0 Å². The Kier molecular flexibility index (Phi) is 3.76. The van der Waals surface area contributed by atoms with E-state index in [1.165, 1.54) is 38.5 Å². The van der Waals surface area contributed by atoms with Gasteiger partial charge in [-0.25, -0.2) is 0 Å². The van der Waals surface area contributed by atoms with Gasteiger partial charge in [0.05, 0.1) is 0 Å². The number of hydrogen-bond acceptors (Lipinski definition) is 1. The lowest BCUT2D eigenvalue weighted by molar-refractivity contribution is 0.0884. The summed E-state index contributed by atoms with van der Waals surface area (Å²) < 4.78 is 6.59. The highest BCUT2D eigenvalue weighted by Gasteiger charge is 2.41. The molecular weight excluding hydrogens is 224 g/mol. The average molecular weight is 254 g/mol. The van der Waals surface area contributed by atoms with Crippen LogP contribution in [0.3, 0.4) is 0 Å². The first-order valence-corrected chi connectivity index (χ1v) is 10.4. The fourth-order valence-corrected chi connectivity index (χ4v) is 4.76. The zero-order valence-electron chi connectivity index (χ0n) is 12.4. The zero-order chi connectivity index (χ0) is 12.7. The largest absolute Gasteiger partial charge is 0.414 e. The second-order valence-corrected chi connectivity index (χ2v) is 12.5. The minimum Gasteiger partial charge on any atom is -0.414 e. The Morgan fingerprint density at radius 3 is 2.24 bits per heavy atom. The van der Waals surface area contributed by atoms with Gasteiger partial charge in [0, 0.05) is 6.10 Å². The molecule has 0 radical (unpaired) electrons. The summed E-state index contributed by atoms with van der Waals surface area (Å²) in [7, 11) is -1.54. The first-order chi connectivity index (χ1) is 7.79. The highest BCUT2D eigenvalue weighted by atomic mass is 28.4. The van der Waals surface area contributed by atoms with Gasteiger partial charge in [0.15, 0.2) is 8.32 Å². The van der Waals surface area contributed by atoms with Crippen LogP contribution in [-0.2, 0) is 4.43 Å². The van der Waals surface area contributed by atoms with Crippen LogP contribution in [0.2, 0.25) is 18.1 Å². The maximum atomic E-state index is 6.59. The second-order valence-electron chi connectivity index (χ2n) is 7.76. The van der Waals surface area contributed by atoms with Gasteiger partial charge in [-0.15, -0.1) is 0 Å². The van der Waals surface area contributed by atoms with Gasteiger partial charge in [0.2, 0.25) is 0 Å². The van der Waals surface area contributed by atoms with E-state index >= 15 is 0 Å². The minimum absolute atomic E-state index is 0.361. The van der Waals surface area contributed by atoms with Crippen LogP contribution in [0.4, 0.5) is 0 Å². The third-order valence-electron chi connectivity index (χ3n) is 5.51. The molecule has 0 N–H and O–H groups in total. The molecule has 0 saturated heterocycles. The molecule has 3 unspecified atom stereocenters. The Balaban J connectivity index is 1.92. The Labute approximate surface area is 108 Å². The molecule has 0 aromatic carbocycles. The quantitative estimate of drug-likeness (QED) is 0.632. The van der Waals surface area contributed by atoms with E-state index in [4.69, 9.17) is 4.43 Å². The molecule has 0 spiro atoms. The number of fused-ring (bicyclic) bond motifs is 1. The van der Waals surface area contributed by atoms with Crippen LogP contribution in [0.1, 0.15) is 59.3 Å². The third-order valence-corrected chi connectivity index (χ3v) is 10.0. The van der Waals surface area contributed by atoms with Crippen LogP contribution in [0.15, 0.2) is 0 Å². The molecule has 2 saturated carbocycles. The summed E-state index contributed by atoms with van der Waals surface area (Å²) in [6, 6.07) is 0. The van der Waals surface area contributed by atoms with Crippen molar-refractivity contribution in [2.75, 3.05) is 0 Å². The summed E-state index contributed by atoms with van der Waals surface area (Å²) >= 11 is 0. The smallest absolute Gasteiger partial charge is 0.192 e. The fourth-order valence-electron chi connectivity index (χ4n) is 3.36. The summed E-state index contributed by atoms with van der Waals surface area (Å²) in [6.07, 6.45) is 9.14. The first kappa shape index (κ1) is 13.6. The number of rotatable bonds is 2. The van der Waals surface area contributed by atoms with Crippen LogP contribution >= 0.6 is 0 Å². The van der Waals surface area contributed by atoms with Gasteiger partial charge in [-0.2, -0.15) is 0 Å². The lowest BCUT2D eigenvalue weighted by Crippen LogP contribution is -2.45. The molecule has 0 amide bonds. The zero-order valence-corrected chi connectivity index (χ0v) is 13.4. The number of hydrogen-bond donors (Lipinski definition) is 0. The first-order valence-electron chi connectivity index (χ1n) is 7.47. The molecule has 0 heterocycles. The second kappa shape index (κ2) is 4.69. The maximum absolute atomic E-state index is 6.59. The minimum atomic E-state index is -1.54. The van der Waals surface area contributed by atoms with E-state index in [9.17, 15) is 0 Å². The van der Waals surface area contributed by atoms with Gasteiger partial charge in [-0.3, -0.25) is 0 Å². The van der Waals surface area contributed by atoms with Crippen LogP contribution in [0.25, 0.3) is 0 Å².